The first-order chi connectivity index (χ1) is 17.0. The molecule has 0 aliphatic carbocycles. The molecule has 35 heavy (non-hydrogen) atoms. The number of nitriles is 1. The van der Waals surface area contributed by atoms with E-state index in [9.17, 15) is 8.78 Å². The van der Waals surface area contributed by atoms with E-state index in [0.717, 1.165) is 23.1 Å². The van der Waals surface area contributed by atoms with Crippen molar-refractivity contribution in [2.24, 2.45) is 0 Å². The highest BCUT2D eigenvalue weighted by Crippen LogP contribution is 2.21. The summed E-state index contributed by atoms with van der Waals surface area (Å²) in [5.74, 6) is -1.13. The van der Waals surface area contributed by atoms with Gasteiger partial charge in [-0.25, -0.2) is 8.78 Å². The van der Waals surface area contributed by atoms with E-state index in [4.69, 9.17) is 5.26 Å². The minimum atomic E-state index is -0.804. The standard InChI is InChI=1S/C32H27F2N/c1-23(29-5-3-2-4-6-29)19-27-16-13-26(14-17-27)12-9-24-7-10-25(11-8-24)15-18-28-20-31(33)30(22-35)32(34)21-28/h2-14,16-17,20-21,23H,15,18-19H2,1H3/b12-9+. The van der Waals surface area contributed by atoms with Crippen LogP contribution < -0.4 is 0 Å². The summed E-state index contributed by atoms with van der Waals surface area (Å²) in [6.07, 6.45) is 6.36. The van der Waals surface area contributed by atoms with Crippen molar-refractivity contribution in [1.29, 1.82) is 5.26 Å². The van der Waals surface area contributed by atoms with Crippen molar-refractivity contribution >= 4 is 12.2 Å². The Kier molecular flexibility index (Phi) is 7.85. The van der Waals surface area contributed by atoms with Gasteiger partial charge in [-0.1, -0.05) is 97.9 Å². The lowest BCUT2D eigenvalue weighted by molar-refractivity contribution is 0.573. The Labute approximate surface area is 206 Å². The summed E-state index contributed by atoms with van der Waals surface area (Å²) < 4.78 is 27.6. The van der Waals surface area contributed by atoms with Crippen LogP contribution in [0.2, 0.25) is 0 Å². The van der Waals surface area contributed by atoms with Gasteiger partial charge in [-0.15, -0.1) is 0 Å². The Hall–Kier alpha value is -4.03. The van der Waals surface area contributed by atoms with Crippen LogP contribution in [-0.2, 0) is 19.3 Å². The van der Waals surface area contributed by atoms with E-state index in [1.807, 2.05) is 30.3 Å². The highest BCUT2D eigenvalue weighted by atomic mass is 19.1. The van der Waals surface area contributed by atoms with Gasteiger partial charge in [0.1, 0.15) is 23.3 Å². The SMILES string of the molecule is CC(Cc1ccc(/C=C/c2ccc(CCc3cc(F)c(C#N)c(F)c3)cc2)cc1)c1ccccc1. The predicted molar refractivity (Wildman–Crippen MR) is 139 cm³/mol. The Morgan fingerprint density at radius 2 is 1.23 bits per heavy atom. The molecule has 0 aliphatic rings. The highest BCUT2D eigenvalue weighted by molar-refractivity contribution is 5.69. The maximum absolute atomic E-state index is 13.8. The Bertz CT molecular complexity index is 1310. The molecule has 1 atom stereocenters. The zero-order chi connectivity index (χ0) is 24.6. The second-order valence-corrected chi connectivity index (χ2v) is 8.88. The molecule has 0 bridgehead atoms. The second-order valence-electron chi connectivity index (χ2n) is 8.88. The average molecular weight is 464 g/mol. The number of nitrogens with zero attached hydrogens (tertiary/aromatic N) is 1. The molecule has 174 valence electrons. The van der Waals surface area contributed by atoms with Gasteiger partial charge in [0, 0.05) is 0 Å². The highest BCUT2D eigenvalue weighted by Gasteiger charge is 2.10. The number of benzene rings is 4. The van der Waals surface area contributed by atoms with Crippen LogP contribution in [0.15, 0.2) is 91.0 Å². The number of aryl methyl sites for hydroxylation is 2. The first-order valence-electron chi connectivity index (χ1n) is 11.8. The van der Waals surface area contributed by atoms with Crippen molar-refractivity contribution in [2.45, 2.75) is 32.1 Å². The first kappa shape index (κ1) is 24.1. The van der Waals surface area contributed by atoms with Gasteiger partial charge in [-0.05, 0) is 70.7 Å². The number of hydrogen-bond acceptors (Lipinski definition) is 1. The van der Waals surface area contributed by atoms with E-state index in [2.05, 4.69) is 67.6 Å². The molecule has 0 radical (unpaired) electrons. The van der Waals surface area contributed by atoms with Crippen molar-refractivity contribution in [3.05, 3.63) is 142 Å². The maximum Gasteiger partial charge on any atom is 0.144 e. The van der Waals surface area contributed by atoms with Gasteiger partial charge in [-0.2, -0.15) is 5.26 Å². The fraction of sp³-hybridized carbons (Fsp3) is 0.156. The van der Waals surface area contributed by atoms with E-state index in [1.54, 1.807) is 6.07 Å². The van der Waals surface area contributed by atoms with Crippen molar-refractivity contribution in [1.82, 2.24) is 0 Å². The number of rotatable bonds is 8. The second kappa shape index (κ2) is 11.4. The van der Waals surface area contributed by atoms with E-state index in [1.165, 1.54) is 23.3 Å². The fourth-order valence-corrected chi connectivity index (χ4v) is 4.17. The molecule has 0 saturated heterocycles. The minimum Gasteiger partial charge on any atom is -0.205 e. The molecule has 0 N–H and O–H groups in total. The molecule has 0 spiro atoms. The van der Waals surface area contributed by atoms with E-state index < -0.39 is 17.2 Å². The lowest BCUT2D eigenvalue weighted by Crippen LogP contribution is -1.98. The van der Waals surface area contributed by atoms with E-state index in [0.29, 0.717) is 24.3 Å². The van der Waals surface area contributed by atoms with Gasteiger partial charge in [0.2, 0.25) is 0 Å². The Morgan fingerprint density at radius 3 is 1.77 bits per heavy atom. The van der Waals surface area contributed by atoms with E-state index >= 15 is 0 Å². The van der Waals surface area contributed by atoms with Crippen LogP contribution in [0.3, 0.4) is 0 Å². The summed E-state index contributed by atoms with van der Waals surface area (Å²) in [5, 5.41) is 8.79. The predicted octanol–water partition coefficient (Wildman–Crippen LogP) is 8.14. The maximum atomic E-state index is 13.8. The van der Waals surface area contributed by atoms with Crippen LogP contribution in [0.25, 0.3) is 12.2 Å². The zero-order valence-corrected chi connectivity index (χ0v) is 19.7. The molecule has 0 aromatic heterocycles. The molecule has 0 fully saturated rings. The van der Waals surface area contributed by atoms with Gasteiger partial charge in [0.25, 0.3) is 0 Å². The minimum absolute atomic E-state index is 0.478. The van der Waals surface area contributed by atoms with Crippen molar-refractivity contribution < 1.29 is 8.78 Å². The lowest BCUT2D eigenvalue weighted by Gasteiger charge is -2.12. The molecule has 3 heteroatoms. The molecule has 1 nitrogen and oxygen atoms in total. The quantitative estimate of drug-likeness (QED) is 0.242. The molecule has 4 aromatic carbocycles. The topological polar surface area (TPSA) is 23.8 Å². The molecule has 0 aliphatic heterocycles. The Morgan fingerprint density at radius 1 is 0.714 bits per heavy atom. The van der Waals surface area contributed by atoms with Crippen LogP contribution in [0.4, 0.5) is 8.78 Å². The fourth-order valence-electron chi connectivity index (χ4n) is 4.17. The summed E-state index contributed by atoms with van der Waals surface area (Å²) in [4.78, 5) is 0. The van der Waals surface area contributed by atoms with Gasteiger partial charge in [0.15, 0.2) is 0 Å². The number of halogens is 2. The monoisotopic (exact) mass is 463 g/mol. The van der Waals surface area contributed by atoms with Crippen molar-refractivity contribution in [2.75, 3.05) is 0 Å². The lowest BCUT2D eigenvalue weighted by atomic mass is 9.93. The normalized spacial score (nSPS) is 11.9. The van der Waals surface area contributed by atoms with Gasteiger partial charge in [-0.3, -0.25) is 0 Å². The molecule has 0 heterocycles. The van der Waals surface area contributed by atoms with Crippen LogP contribution >= 0.6 is 0 Å². The van der Waals surface area contributed by atoms with Crippen LogP contribution in [0.1, 0.15) is 51.8 Å². The summed E-state index contributed by atoms with van der Waals surface area (Å²) in [6, 6.07) is 31.4. The third kappa shape index (κ3) is 6.52. The smallest absolute Gasteiger partial charge is 0.144 e. The molecule has 4 rings (SSSR count). The summed E-state index contributed by atoms with van der Waals surface area (Å²) in [5.41, 5.74) is 6.03. The molecule has 1 unspecified atom stereocenters. The van der Waals surface area contributed by atoms with Crippen molar-refractivity contribution in [3.8, 4) is 6.07 Å². The van der Waals surface area contributed by atoms with Gasteiger partial charge in [0.05, 0.1) is 0 Å². The molecular weight excluding hydrogens is 436 g/mol. The molecule has 0 saturated carbocycles. The molecule has 4 aromatic rings. The summed E-state index contributed by atoms with van der Waals surface area (Å²) in [6.45, 7) is 2.26. The average Bonchev–Trinajstić information content (AvgIpc) is 2.88. The van der Waals surface area contributed by atoms with Gasteiger partial charge < -0.3 is 0 Å². The van der Waals surface area contributed by atoms with Crippen molar-refractivity contribution in [3.63, 3.8) is 0 Å². The Balaban J connectivity index is 1.32. The third-order valence-corrected chi connectivity index (χ3v) is 6.25. The first-order valence-corrected chi connectivity index (χ1v) is 11.8. The van der Waals surface area contributed by atoms with E-state index in [-0.39, 0.29) is 0 Å². The zero-order valence-electron chi connectivity index (χ0n) is 19.7. The van der Waals surface area contributed by atoms with Crippen LogP contribution in [0.5, 0.6) is 0 Å². The summed E-state index contributed by atoms with van der Waals surface area (Å²) >= 11 is 0. The summed E-state index contributed by atoms with van der Waals surface area (Å²) in [7, 11) is 0. The van der Waals surface area contributed by atoms with Crippen LogP contribution in [0, 0.1) is 23.0 Å². The largest absolute Gasteiger partial charge is 0.205 e. The third-order valence-electron chi connectivity index (χ3n) is 6.25. The molecule has 0 amide bonds. The van der Waals surface area contributed by atoms with Crippen LogP contribution in [-0.4, -0.2) is 0 Å². The number of hydrogen-bond donors (Lipinski definition) is 0. The van der Waals surface area contributed by atoms with Gasteiger partial charge >= 0.3 is 0 Å². The molecular formula is C32H27F2N.